The second kappa shape index (κ2) is 5.13. The van der Waals surface area contributed by atoms with Crippen molar-refractivity contribution in [1.29, 1.82) is 0 Å². The van der Waals surface area contributed by atoms with Crippen molar-refractivity contribution < 1.29 is 0 Å². The molecule has 0 aliphatic heterocycles. The van der Waals surface area contributed by atoms with Crippen molar-refractivity contribution in [2.45, 2.75) is 65.3 Å². The molecule has 0 amide bonds. The second-order valence-electron chi connectivity index (χ2n) is 7.83. The fourth-order valence-electron chi connectivity index (χ4n) is 3.77. The van der Waals surface area contributed by atoms with Crippen LogP contribution in [0.5, 0.6) is 0 Å². The van der Waals surface area contributed by atoms with Crippen LogP contribution >= 0.6 is 0 Å². The third-order valence-electron chi connectivity index (χ3n) is 5.62. The van der Waals surface area contributed by atoms with E-state index in [1.165, 1.54) is 32.1 Å². The third-order valence-corrected chi connectivity index (χ3v) is 5.62. The van der Waals surface area contributed by atoms with Crippen LogP contribution in [0.1, 0.15) is 59.8 Å². The van der Waals surface area contributed by atoms with E-state index in [1.54, 1.807) is 0 Å². The van der Waals surface area contributed by atoms with Gasteiger partial charge in [0.25, 0.3) is 0 Å². The molecule has 0 bridgehead atoms. The van der Waals surface area contributed by atoms with Gasteiger partial charge in [0.15, 0.2) is 0 Å². The van der Waals surface area contributed by atoms with Crippen molar-refractivity contribution in [3.8, 4) is 0 Å². The molecule has 3 atom stereocenters. The molecule has 0 spiro atoms. The molecule has 2 rings (SSSR count). The maximum atomic E-state index is 6.13. The van der Waals surface area contributed by atoms with Crippen LogP contribution in [-0.2, 0) is 0 Å². The number of nitrogens with one attached hydrogen (secondary N) is 1. The molecule has 3 unspecified atom stereocenters. The fourth-order valence-corrected chi connectivity index (χ4v) is 3.77. The maximum absolute atomic E-state index is 6.13. The first-order valence-corrected chi connectivity index (χ1v) is 7.84. The predicted octanol–water partition coefficient (Wildman–Crippen LogP) is 3.17. The Morgan fingerprint density at radius 2 is 1.94 bits per heavy atom. The summed E-state index contributed by atoms with van der Waals surface area (Å²) in [6.07, 6.45) is 6.74. The van der Waals surface area contributed by atoms with Crippen LogP contribution in [0.4, 0.5) is 0 Å². The zero-order valence-corrected chi connectivity index (χ0v) is 12.8. The summed E-state index contributed by atoms with van der Waals surface area (Å²) in [5, 5.41) is 3.87. The lowest BCUT2D eigenvalue weighted by atomic mass is 9.63. The Bertz CT molecular complexity index is 283. The zero-order valence-electron chi connectivity index (χ0n) is 12.8. The normalized spacial score (nSPS) is 37.5. The molecule has 3 N–H and O–H groups in total. The largest absolute Gasteiger partial charge is 0.329 e. The number of hydrogen-bond acceptors (Lipinski definition) is 2. The van der Waals surface area contributed by atoms with E-state index in [-0.39, 0.29) is 5.54 Å². The second-order valence-corrected chi connectivity index (χ2v) is 7.83. The Morgan fingerprint density at radius 3 is 2.44 bits per heavy atom. The van der Waals surface area contributed by atoms with Crippen molar-refractivity contribution in [3.63, 3.8) is 0 Å². The van der Waals surface area contributed by atoms with Crippen LogP contribution in [0.15, 0.2) is 0 Å². The lowest BCUT2D eigenvalue weighted by Crippen LogP contribution is -2.60. The summed E-state index contributed by atoms with van der Waals surface area (Å²) < 4.78 is 0. The highest BCUT2D eigenvalue weighted by atomic mass is 15.0. The van der Waals surface area contributed by atoms with E-state index in [4.69, 9.17) is 5.73 Å². The average Bonchev–Trinajstić information content (AvgIpc) is 3.11. The first-order chi connectivity index (χ1) is 8.38. The van der Waals surface area contributed by atoms with Crippen molar-refractivity contribution in [1.82, 2.24) is 5.32 Å². The molecular weight excluding hydrogens is 220 g/mol. The van der Waals surface area contributed by atoms with Crippen molar-refractivity contribution in [2.75, 3.05) is 13.1 Å². The number of rotatable bonds is 5. The molecule has 2 heteroatoms. The highest BCUT2D eigenvalue weighted by Crippen LogP contribution is 2.44. The van der Waals surface area contributed by atoms with Gasteiger partial charge >= 0.3 is 0 Å². The molecule has 2 nitrogen and oxygen atoms in total. The summed E-state index contributed by atoms with van der Waals surface area (Å²) in [7, 11) is 0. The minimum atomic E-state index is 0.207. The lowest BCUT2D eigenvalue weighted by Gasteiger charge is -2.49. The van der Waals surface area contributed by atoms with Gasteiger partial charge in [-0.15, -0.1) is 0 Å². The Balaban J connectivity index is 1.92. The molecule has 0 radical (unpaired) electrons. The molecule has 0 heterocycles. The summed E-state index contributed by atoms with van der Waals surface area (Å²) in [6, 6.07) is 0. The van der Waals surface area contributed by atoms with E-state index in [0.29, 0.717) is 11.3 Å². The average molecular weight is 252 g/mol. The molecule has 2 saturated carbocycles. The first kappa shape index (κ1) is 14.3. The molecule has 0 aromatic rings. The minimum Gasteiger partial charge on any atom is -0.329 e. The molecule has 2 aliphatic carbocycles. The number of nitrogens with two attached hydrogens (primary N) is 1. The quantitative estimate of drug-likeness (QED) is 0.789. The van der Waals surface area contributed by atoms with Gasteiger partial charge in [0, 0.05) is 12.1 Å². The van der Waals surface area contributed by atoms with E-state index in [2.05, 4.69) is 33.0 Å². The van der Waals surface area contributed by atoms with Gasteiger partial charge in [0.05, 0.1) is 0 Å². The van der Waals surface area contributed by atoms with E-state index in [1.807, 2.05) is 0 Å². The lowest BCUT2D eigenvalue weighted by molar-refractivity contribution is 0.0754. The first-order valence-electron chi connectivity index (χ1n) is 7.84. The molecule has 2 aliphatic rings. The van der Waals surface area contributed by atoms with Crippen LogP contribution in [-0.4, -0.2) is 18.6 Å². The van der Waals surface area contributed by atoms with E-state index in [0.717, 1.165) is 24.9 Å². The van der Waals surface area contributed by atoms with Crippen molar-refractivity contribution in [2.24, 2.45) is 28.9 Å². The molecule has 0 saturated heterocycles. The van der Waals surface area contributed by atoms with Gasteiger partial charge < -0.3 is 11.1 Å². The van der Waals surface area contributed by atoms with Crippen LogP contribution in [0, 0.1) is 23.2 Å². The van der Waals surface area contributed by atoms with Gasteiger partial charge in [-0.1, -0.05) is 27.7 Å². The molecular formula is C16H32N2. The van der Waals surface area contributed by atoms with E-state index >= 15 is 0 Å². The van der Waals surface area contributed by atoms with Crippen LogP contribution < -0.4 is 11.1 Å². The SMILES string of the molecule is CC(CNC1(CN)CCC(C)(C)CC1C)C1CC1. The molecule has 106 valence electrons. The van der Waals surface area contributed by atoms with E-state index in [9.17, 15) is 0 Å². The molecule has 2 fully saturated rings. The highest BCUT2D eigenvalue weighted by molar-refractivity contribution is 5.01. The van der Waals surface area contributed by atoms with Crippen molar-refractivity contribution >= 4 is 0 Å². The summed E-state index contributed by atoms with van der Waals surface area (Å²) in [6.45, 7) is 11.5. The Hall–Kier alpha value is -0.0800. The van der Waals surface area contributed by atoms with Gasteiger partial charge in [-0.25, -0.2) is 0 Å². The predicted molar refractivity (Wildman–Crippen MR) is 78.5 cm³/mol. The summed E-state index contributed by atoms with van der Waals surface area (Å²) in [5.41, 5.74) is 6.84. The molecule has 0 aromatic carbocycles. The fraction of sp³-hybridized carbons (Fsp3) is 1.00. The Labute approximate surface area is 113 Å². The van der Waals surface area contributed by atoms with Crippen LogP contribution in [0.2, 0.25) is 0 Å². The highest BCUT2D eigenvalue weighted by Gasteiger charge is 2.43. The standard InChI is InChI=1S/C16H32N2/c1-12(14-5-6-14)10-18-16(11-17)8-7-15(3,4)9-13(16)2/h12-14,18H,5-11,17H2,1-4H3. The monoisotopic (exact) mass is 252 g/mol. The van der Waals surface area contributed by atoms with Gasteiger partial charge in [-0.05, 0) is 61.8 Å². The third kappa shape index (κ3) is 3.08. The van der Waals surface area contributed by atoms with Gasteiger partial charge in [0.2, 0.25) is 0 Å². The Kier molecular flexibility index (Phi) is 4.08. The topological polar surface area (TPSA) is 38.0 Å². The summed E-state index contributed by atoms with van der Waals surface area (Å²) >= 11 is 0. The minimum absolute atomic E-state index is 0.207. The van der Waals surface area contributed by atoms with Crippen molar-refractivity contribution in [3.05, 3.63) is 0 Å². The van der Waals surface area contributed by atoms with Gasteiger partial charge in [-0.3, -0.25) is 0 Å². The zero-order chi connectivity index (χ0) is 13.4. The summed E-state index contributed by atoms with van der Waals surface area (Å²) in [5.74, 6) is 2.51. The smallest absolute Gasteiger partial charge is 0.0330 e. The van der Waals surface area contributed by atoms with Crippen LogP contribution in [0.3, 0.4) is 0 Å². The van der Waals surface area contributed by atoms with E-state index < -0.39 is 0 Å². The molecule has 18 heavy (non-hydrogen) atoms. The Morgan fingerprint density at radius 1 is 1.28 bits per heavy atom. The van der Waals surface area contributed by atoms with Gasteiger partial charge in [0.1, 0.15) is 0 Å². The number of hydrogen-bond donors (Lipinski definition) is 2. The summed E-state index contributed by atoms with van der Waals surface area (Å²) in [4.78, 5) is 0. The molecule has 0 aromatic heterocycles. The maximum Gasteiger partial charge on any atom is 0.0330 e. The van der Waals surface area contributed by atoms with Gasteiger partial charge in [-0.2, -0.15) is 0 Å². The van der Waals surface area contributed by atoms with Crippen LogP contribution in [0.25, 0.3) is 0 Å².